The van der Waals surface area contributed by atoms with Crippen LogP contribution in [-0.4, -0.2) is 11.9 Å². The molecule has 0 radical (unpaired) electrons. The molecule has 0 N–H and O–H groups in total. The van der Waals surface area contributed by atoms with E-state index in [2.05, 4.69) is 71.9 Å². The SMILES string of the molecule is CCCCCCCCc1ccc(N=C(C)C=Nc2cc(C)c(CCCC)c(CCCC)c2)cc1CCCCCCCC. The summed E-state index contributed by atoms with van der Waals surface area (Å²) in [7, 11) is 0. The van der Waals surface area contributed by atoms with Gasteiger partial charge in [0.05, 0.1) is 17.1 Å². The van der Waals surface area contributed by atoms with Crippen molar-refractivity contribution in [3.8, 4) is 0 Å². The zero-order valence-corrected chi connectivity index (χ0v) is 28.5. The van der Waals surface area contributed by atoms with Crippen LogP contribution in [0.5, 0.6) is 0 Å². The summed E-state index contributed by atoms with van der Waals surface area (Å²) in [6.45, 7) is 13.5. The third-order valence-corrected chi connectivity index (χ3v) is 8.63. The van der Waals surface area contributed by atoms with Gasteiger partial charge in [0.15, 0.2) is 0 Å². The van der Waals surface area contributed by atoms with Crippen LogP contribution in [0.15, 0.2) is 40.3 Å². The van der Waals surface area contributed by atoms with Gasteiger partial charge in [-0.25, -0.2) is 0 Å². The fraction of sp³-hybridized carbons (Fsp3) is 0.650. The van der Waals surface area contributed by atoms with Crippen LogP contribution in [-0.2, 0) is 25.7 Å². The van der Waals surface area contributed by atoms with Gasteiger partial charge in [-0.1, -0.05) is 111 Å². The fourth-order valence-corrected chi connectivity index (χ4v) is 6.00. The second kappa shape index (κ2) is 22.3. The van der Waals surface area contributed by atoms with E-state index in [-0.39, 0.29) is 0 Å². The molecule has 0 aliphatic carbocycles. The minimum absolute atomic E-state index is 0.965. The quantitative estimate of drug-likeness (QED) is 0.0934. The second-order valence-corrected chi connectivity index (χ2v) is 12.6. The van der Waals surface area contributed by atoms with Crippen LogP contribution in [0, 0.1) is 6.92 Å². The number of nitrogens with zero attached hydrogens (tertiary/aromatic N) is 2. The molecule has 0 saturated carbocycles. The number of aryl methyl sites for hydroxylation is 4. The molecule has 0 fully saturated rings. The number of unbranched alkanes of at least 4 members (excludes halogenated alkanes) is 12. The third-order valence-electron chi connectivity index (χ3n) is 8.63. The van der Waals surface area contributed by atoms with E-state index >= 15 is 0 Å². The minimum atomic E-state index is 0.965. The monoisotopic (exact) mass is 573 g/mol. The van der Waals surface area contributed by atoms with Gasteiger partial charge < -0.3 is 0 Å². The molecule has 234 valence electrons. The normalized spacial score (nSPS) is 12.1. The first-order chi connectivity index (χ1) is 20.5. The molecule has 2 rings (SSSR count). The molecule has 2 heteroatoms. The first-order valence-corrected chi connectivity index (χ1v) is 17.9. The van der Waals surface area contributed by atoms with Gasteiger partial charge in [0.25, 0.3) is 0 Å². The summed E-state index contributed by atoms with van der Waals surface area (Å²) in [4.78, 5) is 9.89. The zero-order valence-electron chi connectivity index (χ0n) is 28.5. The first kappa shape index (κ1) is 36.0. The van der Waals surface area contributed by atoms with Crippen molar-refractivity contribution in [1.82, 2.24) is 0 Å². The summed E-state index contributed by atoms with van der Waals surface area (Å²) in [5.74, 6) is 0. The predicted molar refractivity (Wildman–Crippen MR) is 190 cm³/mol. The highest BCUT2D eigenvalue weighted by Gasteiger charge is 2.09. The van der Waals surface area contributed by atoms with E-state index in [4.69, 9.17) is 9.98 Å². The Morgan fingerprint density at radius 3 is 1.71 bits per heavy atom. The van der Waals surface area contributed by atoms with Crippen molar-refractivity contribution < 1.29 is 0 Å². The average molecular weight is 573 g/mol. The highest BCUT2D eigenvalue weighted by atomic mass is 14.8. The summed E-state index contributed by atoms with van der Waals surface area (Å²) in [6.07, 6.45) is 27.8. The molecule has 0 aliphatic heterocycles. The Kier molecular flexibility index (Phi) is 19.1. The van der Waals surface area contributed by atoms with Crippen LogP contribution in [0.1, 0.15) is 165 Å². The van der Waals surface area contributed by atoms with Gasteiger partial charge in [0.1, 0.15) is 0 Å². The van der Waals surface area contributed by atoms with E-state index in [1.807, 2.05) is 6.21 Å². The van der Waals surface area contributed by atoms with E-state index < -0.39 is 0 Å². The van der Waals surface area contributed by atoms with Gasteiger partial charge in [-0.05, 0) is 117 Å². The smallest absolute Gasteiger partial charge is 0.0636 e. The Morgan fingerprint density at radius 2 is 1.07 bits per heavy atom. The Bertz CT molecular complexity index is 1060. The number of hydrogen-bond donors (Lipinski definition) is 0. The molecule has 2 aromatic rings. The van der Waals surface area contributed by atoms with Crippen molar-refractivity contribution in [2.24, 2.45) is 9.98 Å². The van der Waals surface area contributed by atoms with Gasteiger partial charge in [-0.2, -0.15) is 0 Å². The summed E-state index contributed by atoms with van der Waals surface area (Å²) in [5.41, 5.74) is 10.6. The second-order valence-electron chi connectivity index (χ2n) is 12.6. The Morgan fingerprint density at radius 1 is 0.548 bits per heavy atom. The van der Waals surface area contributed by atoms with E-state index in [1.165, 1.54) is 139 Å². The largest absolute Gasteiger partial charge is 0.255 e. The van der Waals surface area contributed by atoms with Crippen LogP contribution in [0.3, 0.4) is 0 Å². The van der Waals surface area contributed by atoms with Crippen molar-refractivity contribution in [1.29, 1.82) is 0 Å². The zero-order chi connectivity index (χ0) is 30.4. The standard InChI is InChI=1S/C40H64N2/c1-7-11-15-17-19-21-24-35-27-28-38(30-36(35)25-22-20-18-16-12-8-2)42-34(6)32-41-39-29-33(5)40(26-14-10-4)37(31-39)23-13-9-3/h27-32H,7-26H2,1-6H3. The maximum Gasteiger partial charge on any atom is 0.0636 e. The van der Waals surface area contributed by atoms with Gasteiger partial charge in [0.2, 0.25) is 0 Å². The Labute approximate surface area is 260 Å². The molecular weight excluding hydrogens is 508 g/mol. The third kappa shape index (κ3) is 14.3. The number of benzene rings is 2. The highest BCUT2D eigenvalue weighted by molar-refractivity contribution is 6.30. The molecular formula is C40H64N2. The van der Waals surface area contributed by atoms with E-state index in [1.54, 1.807) is 11.1 Å². The summed E-state index contributed by atoms with van der Waals surface area (Å²) < 4.78 is 0. The number of hydrogen-bond acceptors (Lipinski definition) is 2. The molecule has 0 aromatic heterocycles. The molecule has 0 atom stereocenters. The molecule has 2 nitrogen and oxygen atoms in total. The van der Waals surface area contributed by atoms with Crippen LogP contribution in [0.4, 0.5) is 11.4 Å². The van der Waals surface area contributed by atoms with E-state index in [0.29, 0.717) is 0 Å². The lowest BCUT2D eigenvalue weighted by atomic mass is 9.93. The van der Waals surface area contributed by atoms with Gasteiger partial charge in [-0.15, -0.1) is 0 Å². The van der Waals surface area contributed by atoms with Gasteiger partial charge in [-0.3, -0.25) is 9.98 Å². The van der Waals surface area contributed by atoms with Crippen molar-refractivity contribution in [3.05, 3.63) is 58.1 Å². The van der Waals surface area contributed by atoms with Gasteiger partial charge >= 0.3 is 0 Å². The number of rotatable bonds is 23. The van der Waals surface area contributed by atoms with Crippen LogP contribution >= 0.6 is 0 Å². The van der Waals surface area contributed by atoms with Crippen LogP contribution < -0.4 is 0 Å². The topological polar surface area (TPSA) is 24.7 Å². The summed E-state index contributed by atoms with van der Waals surface area (Å²) in [5, 5.41) is 0. The van der Waals surface area contributed by atoms with Crippen molar-refractivity contribution >= 4 is 23.3 Å². The molecule has 42 heavy (non-hydrogen) atoms. The average Bonchev–Trinajstić information content (AvgIpc) is 2.98. The molecule has 0 aliphatic rings. The lowest BCUT2D eigenvalue weighted by Crippen LogP contribution is -1.99. The number of aliphatic imine (C=N–C) groups is 2. The molecule has 0 amide bonds. The van der Waals surface area contributed by atoms with E-state index in [9.17, 15) is 0 Å². The lowest BCUT2D eigenvalue weighted by molar-refractivity contribution is 0.599. The van der Waals surface area contributed by atoms with E-state index in [0.717, 1.165) is 23.5 Å². The predicted octanol–water partition coefficient (Wildman–Crippen LogP) is 13.0. The minimum Gasteiger partial charge on any atom is -0.255 e. The molecule has 2 aromatic carbocycles. The van der Waals surface area contributed by atoms with Crippen molar-refractivity contribution in [3.63, 3.8) is 0 Å². The van der Waals surface area contributed by atoms with Crippen molar-refractivity contribution in [2.45, 2.75) is 170 Å². The fourth-order valence-electron chi connectivity index (χ4n) is 6.00. The molecule has 0 heterocycles. The van der Waals surface area contributed by atoms with Crippen LogP contribution in [0.2, 0.25) is 0 Å². The summed E-state index contributed by atoms with van der Waals surface area (Å²) >= 11 is 0. The molecule has 0 bridgehead atoms. The summed E-state index contributed by atoms with van der Waals surface area (Å²) in [6, 6.07) is 11.5. The first-order valence-electron chi connectivity index (χ1n) is 17.9. The maximum absolute atomic E-state index is 4.99. The van der Waals surface area contributed by atoms with Crippen LogP contribution in [0.25, 0.3) is 0 Å². The maximum atomic E-state index is 4.99. The highest BCUT2D eigenvalue weighted by Crippen LogP contribution is 2.27. The van der Waals surface area contributed by atoms with Crippen molar-refractivity contribution in [2.75, 3.05) is 0 Å². The van der Waals surface area contributed by atoms with Gasteiger partial charge in [0, 0.05) is 6.21 Å². The molecule has 0 unspecified atom stereocenters. The lowest BCUT2D eigenvalue weighted by Gasteiger charge is -2.14. The Hall–Kier alpha value is -2.22. The Balaban J connectivity index is 2.15. The molecule has 0 spiro atoms. The molecule has 0 saturated heterocycles.